The highest BCUT2D eigenvalue weighted by atomic mass is 19.1. The molecule has 3 aromatic carbocycles. The first kappa shape index (κ1) is 22.9. The smallest absolute Gasteiger partial charge is 0.344 e. The lowest BCUT2D eigenvalue weighted by Gasteiger charge is -2.12. The van der Waals surface area contributed by atoms with Crippen molar-refractivity contribution in [1.29, 1.82) is 5.26 Å². The normalized spacial score (nSPS) is 10.5. The Kier molecular flexibility index (Phi) is 7.50. The van der Waals surface area contributed by atoms with E-state index in [9.17, 15) is 23.2 Å². The Morgan fingerprint density at radius 1 is 1.00 bits per heavy atom. The maximum atomic E-state index is 14.8. The molecule has 0 heterocycles. The quantitative estimate of drug-likeness (QED) is 0.443. The summed E-state index contributed by atoms with van der Waals surface area (Å²) in [4.78, 5) is 11.4. The van der Waals surface area contributed by atoms with Gasteiger partial charge in [-0.25, -0.2) is 18.0 Å². The molecular formula is C25H20F3NO3. The third-order valence-corrected chi connectivity index (χ3v) is 4.74. The van der Waals surface area contributed by atoms with Crippen LogP contribution in [0.5, 0.6) is 5.75 Å². The van der Waals surface area contributed by atoms with E-state index in [1.165, 1.54) is 12.1 Å². The minimum absolute atomic E-state index is 0.00819. The molecule has 0 aliphatic carbocycles. The van der Waals surface area contributed by atoms with Crippen LogP contribution in [0.2, 0.25) is 0 Å². The first-order chi connectivity index (χ1) is 15.4. The highest BCUT2D eigenvalue weighted by Gasteiger charge is 2.16. The second-order valence-electron chi connectivity index (χ2n) is 6.97. The summed E-state index contributed by atoms with van der Waals surface area (Å²) in [5.74, 6) is -2.95. The third kappa shape index (κ3) is 5.67. The minimum atomic E-state index is -0.893. The molecule has 3 rings (SSSR count). The van der Waals surface area contributed by atoms with Crippen molar-refractivity contribution in [1.82, 2.24) is 0 Å². The average Bonchev–Trinajstić information content (AvgIpc) is 2.78. The van der Waals surface area contributed by atoms with Gasteiger partial charge in [0.05, 0.1) is 18.2 Å². The maximum absolute atomic E-state index is 14.8. The molecule has 0 aliphatic heterocycles. The molecule has 3 aromatic rings. The van der Waals surface area contributed by atoms with Crippen molar-refractivity contribution in [3.63, 3.8) is 0 Å². The number of carbonyl (C=O) groups excluding carboxylic acids is 1. The van der Waals surface area contributed by atoms with Crippen LogP contribution in [0.3, 0.4) is 0 Å². The molecule has 0 unspecified atom stereocenters. The standard InChI is InChI=1S/C25H20F3NO3/c1-2-31-24(30)15-32-23-9-8-22(27)21(25(23)28)7-6-16-10-17(14-29)12-19(11-16)18-4-3-5-20(26)13-18/h3-5,8-13H,2,6-7,15H2,1H3. The summed E-state index contributed by atoms with van der Waals surface area (Å²) in [5, 5.41) is 9.34. The summed E-state index contributed by atoms with van der Waals surface area (Å²) in [6, 6.07) is 15.2. The van der Waals surface area contributed by atoms with Crippen LogP contribution in [0.25, 0.3) is 11.1 Å². The van der Waals surface area contributed by atoms with Crippen molar-refractivity contribution < 1.29 is 27.4 Å². The van der Waals surface area contributed by atoms with E-state index < -0.39 is 30.0 Å². The second kappa shape index (κ2) is 10.5. The summed E-state index contributed by atoms with van der Waals surface area (Å²) >= 11 is 0. The van der Waals surface area contributed by atoms with Crippen LogP contribution in [0.15, 0.2) is 54.6 Å². The van der Waals surface area contributed by atoms with Gasteiger partial charge in [-0.2, -0.15) is 5.26 Å². The van der Waals surface area contributed by atoms with Gasteiger partial charge in [-0.15, -0.1) is 0 Å². The molecule has 0 aromatic heterocycles. The number of aryl methyl sites for hydroxylation is 1. The van der Waals surface area contributed by atoms with Crippen LogP contribution >= 0.6 is 0 Å². The van der Waals surface area contributed by atoms with Gasteiger partial charge in [0.1, 0.15) is 11.6 Å². The molecular weight excluding hydrogens is 419 g/mol. The number of nitrogens with zero attached hydrogens (tertiary/aromatic N) is 1. The van der Waals surface area contributed by atoms with Gasteiger partial charge in [-0.1, -0.05) is 18.2 Å². The van der Waals surface area contributed by atoms with Crippen LogP contribution in [0, 0.1) is 28.8 Å². The van der Waals surface area contributed by atoms with E-state index in [2.05, 4.69) is 6.07 Å². The van der Waals surface area contributed by atoms with E-state index >= 15 is 0 Å². The van der Waals surface area contributed by atoms with E-state index in [-0.39, 0.29) is 30.8 Å². The molecule has 0 radical (unpaired) electrons. The van der Waals surface area contributed by atoms with Crippen LogP contribution in [0.1, 0.15) is 23.6 Å². The molecule has 0 amide bonds. The number of nitriles is 1. The largest absolute Gasteiger partial charge is 0.479 e. The van der Waals surface area contributed by atoms with Gasteiger partial charge in [-0.05, 0) is 72.9 Å². The number of halogens is 3. The zero-order chi connectivity index (χ0) is 23.1. The summed E-state index contributed by atoms with van der Waals surface area (Å²) < 4.78 is 52.6. The lowest BCUT2D eigenvalue weighted by molar-refractivity contribution is -0.145. The van der Waals surface area contributed by atoms with Gasteiger partial charge >= 0.3 is 5.97 Å². The van der Waals surface area contributed by atoms with Crippen LogP contribution in [-0.4, -0.2) is 19.2 Å². The number of ether oxygens (including phenoxy) is 2. The lowest BCUT2D eigenvalue weighted by atomic mass is 9.96. The molecule has 0 saturated carbocycles. The number of benzene rings is 3. The Bertz CT molecular complexity index is 1170. The number of esters is 1. The highest BCUT2D eigenvalue weighted by Crippen LogP contribution is 2.27. The summed E-state index contributed by atoms with van der Waals surface area (Å²) in [6.07, 6.45) is 0.221. The fraction of sp³-hybridized carbons (Fsp3) is 0.200. The summed E-state index contributed by atoms with van der Waals surface area (Å²) in [7, 11) is 0. The Morgan fingerprint density at radius 3 is 2.53 bits per heavy atom. The van der Waals surface area contributed by atoms with Crippen LogP contribution < -0.4 is 4.74 Å². The average molecular weight is 439 g/mol. The Morgan fingerprint density at radius 2 is 1.81 bits per heavy atom. The fourth-order valence-electron chi connectivity index (χ4n) is 3.26. The maximum Gasteiger partial charge on any atom is 0.344 e. The third-order valence-electron chi connectivity index (χ3n) is 4.74. The molecule has 0 saturated heterocycles. The van der Waals surface area contributed by atoms with Gasteiger partial charge in [0.2, 0.25) is 0 Å². The first-order valence-corrected chi connectivity index (χ1v) is 9.96. The molecule has 0 atom stereocenters. The molecule has 4 nitrogen and oxygen atoms in total. The minimum Gasteiger partial charge on any atom is -0.479 e. The number of hydrogen-bond donors (Lipinski definition) is 0. The molecule has 0 spiro atoms. The fourth-order valence-corrected chi connectivity index (χ4v) is 3.26. The molecule has 0 N–H and O–H groups in total. The predicted octanol–water partition coefficient (Wildman–Crippen LogP) is 5.37. The van der Waals surface area contributed by atoms with E-state index in [0.717, 1.165) is 12.1 Å². The molecule has 0 bridgehead atoms. The van der Waals surface area contributed by atoms with Crippen molar-refractivity contribution in [3.05, 3.63) is 88.7 Å². The van der Waals surface area contributed by atoms with E-state index in [4.69, 9.17) is 9.47 Å². The molecule has 0 aliphatic rings. The van der Waals surface area contributed by atoms with E-state index in [0.29, 0.717) is 22.3 Å². The number of carbonyl (C=O) groups is 1. The number of rotatable bonds is 8. The summed E-state index contributed by atoms with van der Waals surface area (Å²) in [5.41, 5.74) is 2.05. The van der Waals surface area contributed by atoms with E-state index in [1.807, 2.05) is 0 Å². The van der Waals surface area contributed by atoms with E-state index in [1.54, 1.807) is 37.3 Å². The van der Waals surface area contributed by atoms with Gasteiger partial charge in [0.15, 0.2) is 18.2 Å². The van der Waals surface area contributed by atoms with Crippen molar-refractivity contribution in [2.24, 2.45) is 0 Å². The zero-order valence-corrected chi connectivity index (χ0v) is 17.3. The Hall–Kier alpha value is -3.79. The van der Waals surface area contributed by atoms with Crippen molar-refractivity contribution >= 4 is 5.97 Å². The molecule has 164 valence electrons. The van der Waals surface area contributed by atoms with Crippen molar-refractivity contribution in [2.75, 3.05) is 13.2 Å². The lowest BCUT2D eigenvalue weighted by Crippen LogP contribution is -2.15. The molecule has 32 heavy (non-hydrogen) atoms. The van der Waals surface area contributed by atoms with Crippen molar-refractivity contribution in [3.8, 4) is 22.9 Å². The monoisotopic (exact) mass is 439 g/mol. The number of hydrogen-bond acceptors (Lipinski definition) is 4. The van der Waals surface area contributed by atoms with Gasteiger partial charge < -0.3 is 9.47 Å². The second-order valence-corrected chi connectivity index (χ2v) is 6.97. The Balaban J connectivity index is 1.82. The SMILES string of the molecule is CCOC(=O)COc1ccc(F)c(CCc2cc(C#N)cc(-c3cccc(F)c3)c2)c1F. The van der Waals surface area contributed by atoms with Gasteiger partial charge in [0, 0.05) is 5.56 Å². The highest BCUT2D eigenvalue weighted by molar-refractivity contribution is 5.71. The summed E-state index contributed by atoms with van der Waals surface area (Å²) in [6.45, 7) is 1.31. The molecule has 0 fully saturated rings. The van der Waals surface area contributed by atoms with Gasteiger partial charge in [-0.3, -0.25) is 0 Å². The zero-order valence-electron chi connectivity index (χ0n) is 17.3. The van der Waals surface area contributed by atoms with Crippen LogP contribution in [0.4, 0.5) is 13.2 Å². The predicted molar refractivity (Wildman–Crippen MR) is 112 cm³/mol. The van der Waals surface area contributed by atoms with Crippen molar-refractivity contribution in [2.45, 2.75) is 19.8 Å². The topological polar surface area (TPSA) is 59.3 Å². The first-order valence-electron chi connectivity index (χ1n) is 9.96. The molecule has 7 heteroatoms. The van der Waals surface area contributed by atoms with Gasteiger partial charge in [0.25, 0.3) is 0 Å². The van der Waals surface area contributed by atoms with Crippen LogP contribution in [-0.2, 0) is 22.4 Å². The Labute approximate surface area is 183 Å².